The smallest absolute Gasteiger partial charge is 0.184 e. The van der Waals surface area contributed by atoms with Crippen molar-refractivity contribution in [2.24, 2.45) is 5.92 Å². The van der Waals surface area contributed by atoms with Gasteiger partial charge in [0.2, 0.25) is 0 Å². The molecule has 0 unspecified atom stereocenters. The lowest BCUT2D eigenvalue weighted by Gasteiger charge is -2.03. The molecule has 0 fully saturated rings. The number of hydrogen-bond acceptors (Lipinski definition) is 3. The molecule has 0 aromatic carbocycles. The fourth-order valence-corrected chi connectivity index (χ4v) is 1.47. The standard InChI is InChI=1S/C7H11ClN2S/c1-5(2)3-9-7-10-6(8)4-11-7/h4-5H,3H2,1-2H3,(H,9,10). The average Bonchev–Trinajstić information content (AvgIpc) is 2.31. The van der Waals surface area contributed by atoms with Gasteiger partial charge in [0, 0.05) is 11.9 Å². The maximum atomic E-state index is 5.64. The highest BCUT2D eigenvalue weighted by molar-refractivity contribution is 7.14. The second-order valence-electron chi connectivity index (χ2n) is 2.75. The Bertz CT molecular complexity index is 222. The zero-order chi connectivity index (χ0) is 8.27. The number of nitrogens with zero attached hydrogens (tertiary/aromatic N) is 1. The SMILES string of the molecule is CC(C)CNc1nc(Cl)cs1. The van der Waals surface area contributed by atoms with E-state index >= 15 is 0 Å². The highest BCUT2D eigenvalue weighted by Gasteiger charge is 1.98. The van der Waals surface area contributed by atoms with Gasteiger partial charge in [-0.05, 0) is 5.92 Å². The van der Waals surface area contributed by atoms with Crippen LogP contribution in [0.1, 0.15) is 13.8 Å². The molecule has 0 radical (unpaired) electrons. The Balaban J connectivity index is 2.39. The molecule has 0 aliphatic rings. The van der Waals surface area contributed by atoms with Crippen molar-refractivity contribution in [2.75, 3.05) is 11.9 Å². The first kappa shape index (κ1) is 8.81. The van der Waals surface area contributed by atoms with Crippen molar-refractivity contribution in [3.63, 3.8) is 0 Å². The number of hydrogen-bond donors (Lipinski definition) is 1. The van der Waals surface area contributed by atoms with Gasteiger partial charge in [-0.3, -0.25) is 0 Å². The maximum absolute atomic E-state index is 5.64. The molecule has 1 heterocycles. The zero-order valence-electron chi connectivity index (χ0n) is 6.60. The Morgan fingerprint density at radius 1 is 1.73 bits per heavy atom. The Kier molecular flexibility index (Phi) is 3.15. The lowest BCUT2D eigenvalue weighted by molar-refractivity contribution is 0.688. The Labute approximate surface area is 75.6 Å². The van der Waals surface area contributed by atoms with E-state index in [4.69, 9.17) is 11.6 Å². The van der Waals surface area contributed by atoms with E-state index in [1.54, 1.807) is 0 Å². The zero-order valence-corrected chi connectivity index (χ0v) is 8.17. The highest BCUT2D eigenvalue weighted by Crippen LogP contribution is 2.18. The molecule has 1 aromatic rings. The van der Waals surface area contributed by atoms with Gasteiger partial charge in [-0.1, -0.05) is 25.4 Å². The molecule has 2 nitrogen and oxygen atoms in total. The third-order valence-corrected chi connectivity index (χ3v) is 2.26. The van der Waals surface area contributed by atoms with Gasteiger partial charge in [0.1, 0.15) is 5.15 Å². The molecule has 11 heavy (non-hydrogen) atoms. The Morgan fingerprint density at radius 3 is 2.91 bits per heavy atom. The van der Waals surface area contributed by atoms with Gasteiger partial charge in [0.05, 0.1) is 0 Å². The lowest BCUT2D eigenvalue weighted by Crippen LogP contribution is -2.07. The van der Waals surface area contributed by atoms with E-state index < -0.39 is 0 Å². The van der Waals surface area contributed by atoms with Gasteiger partial charge >= 0.3 is 0 Å². The van der Waals surface area contributed by atoms with Gasteiger partial charge in [-0.25, -0.2) is 4.98 Å². The molecule has 0 atom stereocenters. The molecule has 0 aliphatic heterocycles. The van der Waals surface area contributed by atoms with Gasteiger partial charge in [0.25, 0.3) is 0 Å². The topological polar surface area (TPSA) is 24.9 Å². The first-order valence-electron chi connectivity index (χ1n) is 3.53. The summed E-state index contributed by atoms with van der Waals surface area (Å²) in [6.07, 6.45) is 0. The summed E-state index contributed by atoms with van der Waals surface area (Å²) in [6.45, 7) is 5.26. The van der Waals surface area contributed by atoms with E-state index in [0.29, 0.717) is 11.1 Å². The third kappa shape index (κ3) is 3.08. The minimum absolute atomic E-state index is 0.571. The molecular weight excluding hydrogens is 180 g/mol. The predicted octanol–water partition coefficient (Wildman–Crippen LogP) is 2.86. The van der Waals surface area contributed by atoms with Crippen molar-refractivity contribution in [2.45, 2.75) is 13.8 Å². The normalized spacial score (nSPS) is 10.5. The van der Waals surface area contributed by atoms with Crippen LogP contribution in [0, 0.1) is 5.92 Å². The number of nitrogens with one attached hydrogen (secondary N) is 1. The minimum Gasteiger partial charge on any atom is -0.361 e. The van der Waals surface area contributed by atoms with Crippen LogP contribution in [-0.4, -0.2) is 11.5 Å². The molecule has 0 saturated carbocycles. The van der Waals surface area contributed by atoms with E-state index in [2.05, 4.69) is 24.1 Å². The molecule has 0 aliphatic carbocycles. The van der Waals surface area contributed by atoms with Gasteiger partial charge in [0.15, 0.2) is 5.13 Å². The second-order valence-corrected chi connectivity index (χ2v) is 4.00. The van der Waals surface area contributed by atoms with Crippen molar-refractivity contribution in [1.29, 1.82) is 0 Å². The summed E-state index contributed by atoms with van der Waals surface area (Å²) < 4.78 is 0. The Morgan fingerprint density at radius 2 is 2.45 bits per heavy atom. The molecule has 62 valence electrons. The molecule has 1 rings (SSSR count). The molecule has 1 aromatic heterocycles. The lowest BCUT2D eigenvalue weighted by atomic mass is 10.2. The number of rotatable bonds is 3. The van der Waals surface area contributed by atoms with Crippen LogP contribution in [0.25, 0.3) is 0 Å². The van der Waals surface area contributed by atoms with E-state index in [-0.39, 0.29) is 0 Å². The molecule has 1 N–H and O–H groups in total. The Hall–Kier alpha value is -0.280. The number of anilines is 1. The fourth-order valence-electron chi connectivity index (χ4n) is 0.627. The number of aromatic nitrogens is 1. The van der Waals surface area contributed by atoms with Crippen LogP contribution < -0.4 is 5.32 Å². The summed E-state index contributed by atoms with van der Waals surface area (Å²) in [5.41, 5.74) is 0. The van der Waals surface area contributed by atoms with Crippen molar-refractivity contribution >= 4 is 28.1 Å². The van der Waals surface area contributed by atoms with Crippen LogP contribution in [0.15, 0.2) is 5.38 Å². The summed E-state index contributed by atoms with van der Waals surface area (Å²) >= 11 is 7.17. The second kappa shape index (κ2) is 3.93. The molecule has 0 spiro atoms. The van der Waals surface area contributed by atoms with Gasteiger partial charge in [-0.15, -0.1) is 11.3 Å². The van der Waals surface area contributed by atoms with Crippen LogP contribution in [0.3, 0.4) is 0 Å². The maximum Gasteiger partial charge on any atom is 0.184 e. The quantitative estimate of drug-likeness (QED) is 0.793. The van der Waals surface area contributed by atoms with Crippen LogP contribution in [-0.2, 0) is 0 Å². The molecule has 4 heteroatoms. The monoisotopic (exact) mass is 190 g/mol. The predicted molar refractivity (Wildman–Crippen MR) is 50.5 cm³/mol. The average molecular weight is 191 g/mol. The number of thiazole rings is 1. The van der Waals surface area contributed by atoms with Crippen molar-refractivity contribution in [1.82, 2.24) is 4.98 Å². The molecule has 0 saturated heterocycles. The van der Waals surface area contributed by atoms with Crippen molar-refractivity contribution in [3.05, 3.63) is 10.5 Å². The number of halogens is 1. The summed E-state index contributed by atoms with van der Waals surface area (Å²) in [5.74, 6) is 0.637. The van der Waals surface area contributed by atoms with Crippen LogP contribution >= 0.6 is 22.9 Å². The van der Waals surface area contributed by atoms with Gasteiger partial charge in [-0.2, -0.15) is 0 Å². The van der Waals surface area contributed by atoms with Crippen LogP contribution in [0.4, 0.5) is 5.13 Å². The first-order valence-corrected chi connectivity index (χ1v) is 4.79. The van der Waals surface area contributed by atoms with E-state index in [0.717, 1.165) is 11.7 Å². The van der Waals surface area contributed by atoms with Crippen molar-refractivity contribution in [3.8, 4) is 0 Å². The minimum atomic E-state index is 0.571. The highest BCUT2D eigenvalue weighted by atomic mass is 35.5. The summed E-state index contributed by atoms with van der Waals surface area (Å²) in [5, 5.41) is 6.49. The molecular formula is C7H11ClN2S. The summed E-state index contributed by atoms with van der Waals surface area (Å²) in [4.78, 5) is 4.06. The summed E-state index contributed by atoms with van der Waals surface area (Å²) in [7, 11) is 0. The van der Waals surface area contributed by atoms with E-state index in [1.165, 1.54) is 11.3 Å². The van der Waals surface area contributed by atoms with Crippen molar-refractivity contribution < 1.29 is 0 Å². The molecule has 0 amide bonds. The third-order valence-electron chi connectivity index (χ3n) is 1.14. The van der Waals surface area contributed by atoms with E-state index in [1.807, 2.05) is 5.38 Å². The van der Waals surface area contributed by atoms with Crippen LogP contribution in [0.2, 0.25) is 5.15 Å². The molecule has 0 bridgehead atoms. The van der Waals surface area contributed by atoms with Gasteiger partial charge < -0.3 is 5.32 Å². The summed E-state index contributed by atoms with van der Waals surface area (Å²) in [6, 6.07) is 0. The van der Waals surface area contributed by atoms with E-state index in [9.17, 15) is 0 Å². The largest absolute Gasteiger partial charge is 0.361 e. The first-order chi connectivity index (χ1) is 5.18. The van der Waals surface area contributed by atoms with Crippen LogP contribution in [0.5, 0.6) is 0 Å². The fraction of sp³-hybridized carbons (Fsp3) is 0.571.